The Morgan fingerprint density at radius 1 is 1.21 bits per heavy atom. The maximum absolute atomic E-state index is 13.3. The molecule has 24 heavy (non-hydrogen) atoms. The fourth-order valence-corrected chi connectivity index (χ4v) is 3.12. The van der Waals surface area contributed by atoms with Crippen molar-refractivity contribution in [1.82, 2.24) is 4.98 Å². The summed E-state index contributed by atoms with van der Waals surface area (Å²) in [5.41, 5.74) is 0.785. The molecular formula is C17H17F2N3O2. The van der Waals surface area contributed by atoms with Gasteiger partial charge in [-0.05, 0) is 48.9 Å². The van der Waals surface area contributed by atoms with Gasteiger partial charge < -0.3 is 4.90 Å². The largest absolute Gasteiger partial charge is 0.351 e. The number of halogens is 2. The van der Waals surface area contributed by atoms with Crippen molar-refractivity contribution in [3.05, 3.63) is 63.8 Å². The summed E-state index contributed by atoms with van der Waals surface area (Å²) in [7, 11) is 0. The highest BCUT2D eigenvalue weighted by Gasteiger charge is 2.25. The Hall–Kier alpha value is -2.57. The molecule has 0 bridgehead atoms. The number of hydrogen-bond donors (Lipinski definition) is 0. The predicted molar refractivity (Wildman–Crippen MR) is 85.9 cm³/mol. The number of nitrogens with zero attached hydrogens (tertiary/aromatic N) is 3. The van der Waals surface area contributed by atoms with Crippen molar-refractivity contribution < 1.29 is 13.7 Å². The summed E-state index contributed by atoms with van der Waals surface area (Å²) in [5.74, 6) is -0.923. The maximum atomic E-state index is 13.3. The van der Waals surface area contributed by atoms with Gasteiger partial charge in [-0.3, -0.25) is 10.1 Å². The molecule has 0 amide bonds. The molecule has 0 N–H and O–H groups in total. The van der Waals surface area contributed by atoms with Gasteiger partial charge in [-0.15, -0.1) is 0 Å². The van der Waals surface area contributed by atoms with Crippen LogP contribution in [0.3, 0.4) is 0 Å². The molecule has 126 valence electrons. The zero-order valence-electron chi connectivity index (χ0n) is 13.0. The third-order valence-electron chi connectivity index (χ3n) is 4.39. The van der Waals surface area contributed by atoms with E-state index in [4.69, 9.17) is 0 Å². The molecule has 7 heteroatoms. The predicted octanol–water partition coefficient (Wildman–Crippen LogP) is 3.73. The van der Waals surface area contributed by atoms with Gasteiger partial charge >= 0.3 is 5.69 Å². The van der Waals surface area contributed by atoms with E-state index in [0.29, 0.717) is 31.2 Å². The summed E-state index contributed by atoms with van der Waals surface area (Å²) in [6.45, 7) is 1.32. The van der Waals surface area contributed by atoms with Crippen molar-refractivity contribution in [2.45, 2.75) is 19.3 Å². The smallest absolute Gasteiger partial charge is 0.311 e. The zero-order valence-corrected chi connectivity index (χ0v) is 13.0. The number of piperidine rings is 1. The number of benzene rings is 1. The van der Waals surface area contributed by atoms with E-state index in [1.807, 2.05) is 4.90 Å². The third kappa shape index (κ3) is 3.50. The first-order valence-corrected chi connectivity index (χ1v) is 7.83. The summed E-state index contributed by atoms with van der Waals surface area (Å²) in [6.07, 6.45) is 3.88. The Morgan fingerprint density at radius 3 is 2.62 bits per heavy atom. The van der Waals surface area contributed by atoms with E-state index >= 15 is 0 Å². The van der Waals surface area contributed by atoms with Gasteiger partial charge in [0.2, 0.25) is 5.82 Å². The van der Waals surface area contributed by atoms with Gasteiger partial charge in [-0.1, -0.05) is 6.07 Å². The van der Waals surface area contributed by atoms with Crippen molar-refractivity contribution in [2.24, 2.45) is 5.92 Å². The standard InChI is InChI=1S/C17H17F2N3O2/c18-14-4-3-13(11-15(14)19)10-12-5-8-21(9-6-12)17-16(22(23)24)2-1-7-20-17/h1-4,7,11-12H,5-6,8-10H2. The third-order valence-corrected chi connectivity index (χ3v) is 4.39. The number of hydrogen-bond acceptors (Lipinski definition) is 4. The summed E-state index contributed by atoms with van der Waals surface area (Å²) >= 11 is 0. The fourth-order valence-electron chi connectivity index (χ4n) is 3.12. The Bertz CT molecular complexity index is 746. The van der Waals surface area contributed by atoms with Crippen LogP contribution in [0.4, 0.5) is 20.3 Å². The summed E-state index contributed by atoms with van der Waals surface area (Å²) in [6, 6.07) is 7.00. The molecule has 1 aromatic carbocycles. The summed E-state index contributed by atoms with van der Waals surface area (Å²) in [5, 5.41) is 11.1. The van der Waals surface area contributed by atoms with Crippen LogP contribution in [0, 0.1) is 27.7 Å². The van der Waals surface area contributed by atoms with Crippen LogP contribution in [0.25, 0.3) is 0 Å². The van der Waals surface area contributed by atoms with E-state index in [1.165, 1.54) is 12.1 Å². The van der Waals surface area contributed by atoms with Crippen LogP contribution in [0.1, 0.15) is 18.4 Å². The molecule has 2 heterocycles. The molecule has 1 aromatic heterocycles. The van der Waals surface area contributed by atoms with Gasteiger partial charge in [0.15, 0.2) is 11.6 Å². The zero-order chi connectivity index (χ0) is 17.1. The van der Waals surface area contributed by atoms with Crippen LogP contribution >= 0.6 is 0 Å². The van der Waals surface area contributed by atoms with Crippen molar-refractivity contribution in [3.63, 3.8) is 0 Å². The van der Waals surface area contributed by atoms with E-state index in [9.17, 15) is 18.9 Å². The molecule has 0 atom stereocenters. The van der Waals surface area contributed by atoms with Crippen LogP contribution in [-0.4, -0.2) is 23.0 Å². The minimum Gasteiger partial charge on any atom is -0.351 e. The number of nitro groups is 1. The second kappa shape index (κ2) is 6.90. The van der Waals surface area contributed by atoms with E-state index in [0.717, 1.165) is 24.5 Å². The molecule has 0 unspecified atom stereocenters. The van der Waals surface area contributed by atoms with E-state index < -0.39 is 16.6 Å². The van der Waals surface area contributed by atoms with Crippen LogP contribution < -0.4 is 4.90 Å². The van der Waals surface area contributed by atoms with Gasteiger partial charge in [0.05, 0.1) is 4.92 Å². The molecular weight excluding hydrogens is 316 g/mol. The molecule has 0 radical (unpaired) electrons. The fraction of sp³-hybridized carbons (Fsp3) is 0.353. The monoisotopic (exact) mass is 333 g/mol. The first-order valence-electron chi connectivity index (χ1n) is 7.83. The van der Waals surface area contributed by atoms with E-state index in [-0.39, 0.29) is 5.69 Å². The van der Waals surface area contributed by atoms with Crippen LogP contribution in [0.15, 0.2) is 36.5 Å². The highest BCUT2D eigenvalue weighted by Crippen LogP contribution is 2.30. The van der Waals surface area contributed by atoms with Crippen molar-refractivity contribution in [3.8, 4) is 0 Å². The van der Waals surface area contributed by atoms with Crippen LogP contribution in [-0.2, 0) is 6.42 Å². The second-order valence-corrected chi connectivity index (χ2v) is 5.99. The average Bonchev–Trinajstić information content (AvgIpc) is 2.59. The molecule has 5 nitrogen and oxygen atoms in total. The highest BCUT2D eigenvalue weighted by molar-refractivity contribution is 5.57. The molecule has 1 saturated heterocycles. The van der Waals surface area contributed by atoms with E-state index in [1.54, 1.807) is 18.3 Å². The number of aromatic nitrogens is 1. The lowest BCUT2D eigenvalue weighted by molar-refractivity contribution is -0.384. The lowest BCUT2D eigenvalue weighted by atomic mass is 9.90. The molecule has 1 aliphatic rings. The summed E-state index contributed by atoms with van der Waals surface area (Å²) < 4.78 is 26.3. The Labute approximate surface area is 138 Å². The second-order valence-electron chi connectivity index (χ2n) is 5.99. The van der Waals surface area contributed by atoms with Crippen molar-refractivity contribution in [1.29, 1.82) is 0 Å². The number of pyridine rings is 1. The van der Waals surface area contributed by atoms with Gasteiger partial charge in [-0.25, -0.2) is 13.8 Å². The molecule has 0 spiro atoms. The lowest BCUT2D eigenvalue weighted by Crippen LogP contribution is -2.35. The topological polar surface area (TPSA) is 59.3 Å². The van der Waals surface area contributed by atoms with Gasteiger partial charge in [0.25, 0.3) is 0 Å². The molecule has 2 aromatic rings. The number of rotatable bonds is 4. The molecule has 0 aliphatic carbocycles. The Kier molecular flexibility index (Phi) is 4.69. The summed E-state index contributed by atoms with van der Waals surface area (Å²) in [4.78, 5) is 16.7. The first kappa shape index (κ1) is 16.3. The van der Waals surface area contributed by atoms with Gasteiger partial charge in [-0.2, -0.15) is 0 Å². The highest BCUT2D eigenvalue weighted by atomic mass is 19.2. The van der Waals surface area contributed by atoms with Gasteiger partial charge in [0, 0.05) is 25.4 Å². The van der Waals surface area contributed by atoms with Crippen molar-refractivity contribution >= 4 is 11.5 Å². The maximum Gasteiger partial charge on any atom is 0.311 e. The Balaban J connectivity index is 1.64. The first-order chi connectivity index (χ1) is 11.5. The van der Waals surface area contributed by atoms with Crippen LogP contribution in [0.2, 0.25) is 0 Å². The minimum atomic E-state index is -0.837. The molecule has 1 aliphatic heterocycles. The molecule has 3 rings (SSSR count). The number of anilines is 1. The quantitative estimate of drug-likeness (QED) is 0.632. The average molecular weight is 333 g/mol. The van der Waals surface area contributed by atoms with E-state index in [2.05, 4.69) is 4.98 Å². The SMILES string of the molecule is O=[N+]([O-])c1cccnc1N1CCC(Cc2ccc(F)c(F)c2)CC1. The van der Waals surface area contributed by atoms with Gasteiger partial charge in [0.1, 0.15) is 0 Å². The normalized spacial score (nSPS) is 15.5. The van der Waals surface area contributed by atoms with Crippen molar-refractivity contribution in [2.75, 3.05) is 18.0 Å². The van der Waals surface area contributed by atoms with Crippen LogP contribution in [0.5, 0.6) is 0 Å². The molecule has 1 fully saturated rings. The molecule has 0 saturated carbocycles. The Morgan fingerprint density at radius 2 is 1.96 bits per heavy atom. The lowest BCUT2D eigenvalue weighted by Gasteiger charge is -2.32. The minimum absolute atomic E-state index is 0.0107.